The van der Waals surface area contributed by atoms with Gasteiger partial charge in [-0.05, 0) is 24.1 Å². The minimum atomic E-state index is -0.951. The first-order valence-corrected chi connectivity index (χ1v) is 6.61. The topological polar surface area (TPSA) is 86.0 Å². The number of hydrogen-bond acceptors (Lipinski definition) is 4. The van der Waals surface area contributed by atoms with Crippen molar-refractivity contribution in [1.29, 1.82) is 5.26 Å². The summed E-state index contributed by atoms with van der Waals surface area (Å²) in [7, 11) is 0. The summed E-state index contributed by atoms with van der Waals surface area (Å²) >= 11 is 6.03. The van der Waals surface area contributed by atoms with E-state index in [9.17, 15) is 4.79 Å². The molecule has 0 bridgehead atoms. The van der Waals surface area contributed by atoms with Crippen molar-refractivity contribution in [2.24, 2.45) is 0 Å². The fourth-order valence-corrected chi connectivity index (χ4v) is 2.14. The lowest BCUT2D eigenvalue weighted by atomic mass is 10.0. The van der Waals surface area contributed by atoms with Crippen LogP contribution in [0, 0.1) is 11.3 Å². The summed E-state index contributed by atoms with van der Waals surface area (Å²) in [5.74, 6) is -0.531. The van der Waals surface area contributed by atoms with E-state index in [1.165, 1.54) is 12.3 Å². The zero-order valence-electron chi connectivity index (χ0n) is 11.0. The molecule has 2 N–H and O–H groups in total. The molecule has 1 heterocycles. The van der Waals surface area contributed by atoms with E-state index in [4.69, 9.17) is 22.0 Å². The number of hydrogen-bond donors (Lipinski definition) is 2. The Bertz CT molecular complexity index is 710. The van der Waals surface area contributed by atoms with Crippen LogP contribution in [0.4, 0.5) is 5.82 Å². The normalized spacial score (nSPS) is 9.90. The molecule has 0 radical (unpaired) electrons. The van der Waals surface area contributed by atoms with E-state index in [-0.39, 0.29) is 10.6 Å². The summed E-state index contributed by atoms with van der Waals surface area (Å²) < 4.78 is 0. The van der Waals surface area contributed by atoms with Gasteiger partial charge in [0.05, 0.1) is 11.1 Å². The second kappa shape index (κ2) is 6.73. The Morgan fingerprint density at radius 3 is 2.86 bits per heavy atom. The third-order valence-corrected chi connectivity index (χ3v) is 3.33. The molecule has 0 aliphatic heterocycles. The third-order valence-electron chi connectivity index (χ3n) is 2.94. The number of nitriles is 1. The number of benzene rings is 1. The number of nitrogens with zero attached hydrogens (tertiary/aromatic N) is 2. The van der Waals surface area contributed by atoms with Gasteiger partial charge < -0.3 is 10.4 Å². The summed E-state index contributed by atoms with van der Waals surface area (Å²) in [6.45, 7) is 0.464. The van der Waals surface area contributed by atoms with Crippen LogP contribution < -0.4 is 5.32 Å². The average molecular weight is 302 g/mol. The largest absolute Gasteiger partial charge is 0.478 e. The highest BCUT2D eigenvalue weighted by Gasteiger charge is 2.10. The molecule has 0 saturated heterocycles. The van der Waals surface area contributed by atoms with Crippen LogP contribution in [0.2, 0.25) is 5.02 Å². The van der Waals surface area contributed by atoms with Crippen LogP contribution in [0.5, 0.6) is 0 Å². The first-order chi connectivity index (χ1) is 10.1. The van der Waals surface area contributed by atoms with Crippen molar-refractivity contribution in [3.63, 3.8) is 0 Å². The van der Waals surface area contributed by atoms with Crippen LogP contribution >= 0.6 is 11.6 Å². The Morgan fingerprint density at radius 2 is 2.14 bits per heavy atom. The summed E-state index contributed by atoms with van der Waals surface area (Å²) in [6.07, 6.45) is 2.01. The molecule has 0 unspecified atom stereocenters. The quantitative estimate of drug-likeness (QED) is 0.886. The molecule has 1 aromatic carbocycles. The number of carboxylic acid groups (broad SMARTS) is 1. The lowest BCUT2D eigenvalue weighted by Crippen LogP contribution is -2.10. The SMILES string of the molecule is N#Cc1ccnc(NCCc2ccccc2C(=O)O)c1Cl. The number of rotatable bonds is 5. The predicted molar refractivity (Wildman–Crippen MR) is 79.6 cm³/mol. The van der Waals surface area contributed by atoms with Gasteiger partial charge in [0.1, 0.15) is 16.9 Å². The number of carbonyl (C=O) groups is 1. The molecular weight excluding hydrogens is 290 g/mol. The van der Waals surface area contributed by atoms with Crippen molar-refractivity contribution in [1.82, 2.24) is 4.98 Å². The zero-order chi connectivity index (χ0) is 15.2. The van der Waals surface area contributed by atoms with E-state index in [0.29, 0.717) is 24.3 Å². The number of anilines is 1. The summed E-state index contributed by atoms with van der Waals surface area (Å²) in [6, 6.07) is 10.3. The van der Waals surface area contributed by atoms with E-state index >= 15 is 0 Å². The fraction of sp³-hybridized carbons (Fsp3) is 0.133. The van der Waals surface area contributed by atoms with E-state index < -0.39 is 5.97 Å². The van der Waals surface area contributed by atoms with E-state index in [1.54, 1.807) is 24.3 Å². The summed E-state index contributed by atoms with van der Waals surface area (Å²) in [4.78, 5) is 15.2. The molecule has 0 spiro atoms. The fourth-order valence-electron chi connectivity index (χ4n) is 1.92. The molecule has 0 fully saturated rings. The van der Waals surface area contributed by atoms with Crippen LogP contribution in [0.15, 0.2) is 36.5 Å². The van der Waals surface area contributed by atoms with Crippen LogP contribution in [-0.4, -0.2) is 22.6 Å². The number of aromatic nitrogens is 1. The van der Waals surface area contributed by atoms with Crippen molar-refractivity contribution in [3.8, 4) is 6.07 Å². The van der Waals surface area contributed by atoms with Crippen LogP contribution in [0.3, 0.4) is 0 Å². The van der Waals surface area contributed by atoms with Crippen molar-refractivity contribution in [2.75, 3.05) is 11.9 Å². The molecule has 6 heteroatoms. The van der Waals surface area contributed by atoms with Gasteiger partial charge in [-0.2, -0.15) is 5.26 Å². The number of carboxylic acids is 1. The number of pyridine rings is 1. The van der Waals surface area contributed by atoms with E-state index in [1.807, 2.05) is 6.07 Å². The Hall–Kier alpha value is -2.58. The lowest BCUT2D eigenvalue weighted by molar-refractivity contribution is 0.0695. The maximum absolute atomic E-state index is 11.1. The molecule has 0 atom stereocenters. The highest BCUT2D eigenvalue weighted by molar-refractivity contribution is 6.34. The molecule has 0 amide bonds. The first-order valence-electron chi connectivity index (χ1n) is 6.23. The van der Waals surface area contributed by atoms with Gasteiger partial charge in [-0.1, -0.05) is 29.8 Å². The second-order valence-electron chi connectivity index (χ2n) is 4.27. The number of halogens is 1. The predicted octanol–water partition coefficient (Wildman–Crippen LogP) is 2.96. The van der Waals surface area contributed by atoms with Crippen molar-refractivity contribution in [2.45, 2.75) is 6.42 Å². The molecule has 0 aliphatic carbocycles. The van der Waals surface area contributed by atoms with Gasteiger partial charge in [-0.3, -0.25) is 0 Å². The standard InChI is InChI=1S/C15H12ClN3O2/c16-13-11(9-17)6-8-19-14(13)18-7-5-10-3-1-2-4-12(10)15(20)21/h1-4,6,8H,5,7H2,(H,18,19)(H,20,21). The van der Waals surface area contributed by atoms with Crippen molar-refractivity contribution >= 4 is 23.4 Å². The van der Waals surface area contributed by atoms with E-state index in [0.717, 1.165) is 5.56 Å². The summed E-state index contributed by atoms with van der Waals surface area (Å²) in [5, 5.41) is 21.3. The Balaban J connectivity index is 2.06. The minimum Gasteiger partial charge on any atom is -0.478 e. The molecule has 1 aromatic heterocycles. The van der Waals surface area contributed by atoms with Gasteiger partial charge in [0.2, 0.25) is 0 Å². The second-order valence-corrected chi connectivity index (χ2v) is 4.65. The minimum absolute atomic E-state index is 0.270. The highest BCUT2D eigenvalue weighted by Crippen LogP contribution is 2.22. The molecule has 21 heavy (non-hydrogen) atoms. The first kappa shape index (κ1) is 14.8. The van der Waals surface area contributed by atoms with Gasteiger partial charge in [-0.25, -0.2) is 9.78 Å². The Labute approximate surface area is 126 Å². The van der Waals surface area contributed by atoms with Gasteiger partial charge in [0.15, 0.2) is 0 Å². The lowest BCUT2D eigenvalue weighted by Gasteiger charge is -2.09. The van der Waals surface area contributed by atoms with Gasteiger partial charge in [0, 0.05) is 12.7 Å². The Kier molecular flexibility index (Phi) is 4.75. The zero-order valence-corrected chi connectivity index (χ0v) is 11.8. The number of aromatic carboxylic acids is 1. The highest BCUT2D eigenvalue weighted by atomic mass is 35.5. The van der Waals surface area contributed by atoms with Crippen molar-refractivity contribution < 1.29 is 9.90 Å². The molecule has 5 nitrogen and oxygen atoms in total. The van der Waals surface area contributed by atoms with Gasteiger partial charge in [0.25, 0.3) is 0 Å². The van der Waals surface area contributed by atoms with Crippen LogP contribution in [0.25, 0.3) is 0 Å². The molecule has 106 valence electrons. The maximum Gasteiger partial charge on any atom is 0.335 e. The van der Waals surface area contributed by atoms with Crippen LogP contribution in [0.1, 0.15) is 21.5 Å². The monoisotopic (exact) mass is 301 g/mol. The van der Waals surface area contributed by atoms with E-state index in [2.05, 4.69) is 10.3 Å². The van der Waals surface area contributed by atoms with Crippen molar-refractivity contribution in [3.05, 3.63) is 58.2 Å². The molecule has 2 aromatic rings. The number of nitrogens with one attached hydrogen (secondary N) is 1. The van der Waals surface area contributed by atoms with Gasteiger partial charge >= 0.3 is 5.97 Å². The molecule has 0 aliphatic rings. The van der Waals surface area contributed by atoms with Crippen LogP contribution in [-0.2, 0) is 6.42 Å². The van der Waals surface area contributed by atoms with Gasteiger partial charge in [-0.15, -0.1) is 0 Å². The molecule has 2 rings (SSSR count). The smallest absolute Gasteiger partial charge is 0.335 e. The maximum atomic E-state index is 11.1. The Morgan fingerprint density at radius 1 is 1.38 bits per heavy atom. The molecule has 0 saturated carbocycles. The third kappa shape index (κ3) is 3.50. The summed E-state index contributed by atoms with van der Waals surface area (Å²) in [5.41, 5.74) is 1.36. The average Bonchev–Trinajstić information content (AvgIpc) is 2.49. The molecular formula is C15H12ClN3O2.